The number of nitrogens with zero attached hydrogens (tertiary/aromatic N) is 2. The van der Waals surface area contributed by atoms with E-state index in [2.05, 4.69) is 15.5 Å². The molecule has 2 aromatic heterocycles. The van der Waals surface area contributed by atoms with E-state index in [0.717, 1.165) is 30.5 Å². The van der Waals surface area contributed by atoms with Crippen molar-refractivity contribution in [2.45, 2.75) is 18.0 Å². The zero-order chi connectivity index (χ0) is 23.0. The van der Waals surface area contributed by atoms with Gasteiger partial charge >= 0.3 is 6.18 Å². The fraction of sp³-hybridized carbons (Fsp3) is 0.118. The molecule has 0 atom stereocenters. The van der Waals surface area contributed by atoms with Gasteiger partial charge in [-0.05, 0) is 37.3 Å². The van der Waals surface area contributed by atoms with Crippen LogP contribution in [0.4, 0.5) is 24.5 Å². The van der Waals surface area contributed by atoms with Crippen LogP contribution in [0.25, 0.3) is 0 Å². The summed E-state index contributed by atoms with van der Waals surface area (Å²) in [6.07, 6.45) is -3.84. The summed E-state index contributed by atoms with van der Waals surface area (Å²) in [6, 6.07) is 4.66. The third-order valence-electron chi connectivity index (χ3n) is 3.89. The Bertz CT molecular complexity index is 1260. The summed E-state index contributed by atoms with van der Waals surface area (Å²) in [6.45, 7) is 1.46. The highest BCUT2D eigenvalue weighted by atomic mass is 35.5. The third kappa shape index (κ3) is 5.09. The monoisotopic (exact) mass is 494 g/mol. The number of nitrogens with one attached hydrogen (secondary N) is 2. The van der Waals surface area contributed by atoms with Crippen molar-refractivity contribution in [2.24, 2.45) is 0 Å². The second-order valence-corrected chi connectivity index (χ2v) is 8.43. The predicted octanol–water partition coefficient (Wildman–Crippen LogP) is 4.76. The van der Waals surface area contributed by atoms with Crippen LogP contribution in [0.5, 0.6) is 0 Å². The SMILES string of the molecule is Cc1oncc1C(=O)Nc1ccc(NS(=O)(=O)c2ccc(Cl)nc2Cl)c(C(F)(F)F)c1. The van der Waals surface area contributed by atoms with Gasteiger partial charge in [-0.2, -0.15) is 13.2 Å². The third-order valence-corrected chi connectivity index (χ3v) is 5.90. The molecule has 2 N–H and O–H groups in total. The topological polar surface area (TPSA) is 114 Å². The van der Waals surface area contributed by atoms with E-state index in [1.807, 2.05) is 4.72 Å². The highest BCUT2D eigenvalue weighted by Crippen LogP contribution is 2.38. The van der Waals surface area contributed by atoms with Gasteiger partial charge in [0.25, 0.3) is 15.9 Å². The van der Waals surface area contributed by atoms with Crippen LogP contribution < -0.4 is 10.0 Å². The minimum absolute atomic E-state index is 0.0308. The van der Waals surface area contributed by atoms with Crippen molar-refractivity contribution in [3.63, 3.8) is 0 Å². The second kappa shape index (κ2) is 8.36. The summed E-state index contributed by atoms with van der Waals surface area (Å²) in [7, 11) is -4.53. The van der Waals surface area contributed by atoms with Gasteiger partial charge in [0.15, 0.2) is 5.15 Å². The quantitative estimate of drug-likeness (QED) is 0.494. The van der Waals surface area contributed by atoms with Gasteiger partial charge in [-0.1, -0.05) is 28.4 Å². The van der Waals surface area contributed by atoms with E-state index in [9.17, 15) is 26.4 Å². The van der Waals surface area contributed by atoms with Gasteiger partial charge in [0.05, 0.1) is 17.4 Å². The van der Waals surface area contributed by atoms with Gasteiger partial charge in [0, 0.05) is 5.69 Å². The second-order valence-electron chi connectivity index (χ2n) is 6.04. The first-order valence-corrected chi connectivity index (χ1v) is 10.4. The molecule has 14 heteroatoms. The fourth-order valence-electron chi connectivity index (χ4n) is 2.46. The molecule has 0 aliphatic heterocycles. The van der Waals surface area contributed by atoms with E-state index < -0.39 is 43.4 Å². The van der Waals surface area contributed by atoms with E-state index in [-0.39, 0.29) is 22.2 Å². The number of sulfonamides is 1. The van der Waals surface area contributed by atoms with Crippen LogP contribution in [0.15, 0.2) is 45.9 Å². The molecule has 0 bridgehead atoms. The number of alkyl halides is 3. The van der Waals surface area contributed by atoms with Crippen molar-refractivity contribution in [3.8, 4) is 0 Å². The highest BCUT2D eigenvalue weighted by molar-refractivity contribution is 7.92. The van der Waals surface area contributed by atoms with Crippen LogP contribution in [-0.2, 0) is 16.2 Å². The van der Waals surface area contributed by atoms with Crippen LogP contribution in [0, 0.1) is 6.92 Å². The van der Waals surface area contributed by atoms with Crippen molar-refractivity contribution in [2.75, 3.05) is 10.0 Å². The van der Waals surface area contributed by atoms with E-state index in [1.54, 1.807) is 0 Å². The molecule has 0 saturated carbocycles. The van der Waals surface area contributed by atoms with Crippen molar-refractivity contribution < 1.29 is 30.9 Å². The van der Waals surface area contributed by atoms with Crippen molar-refractivity contribution in [1.29, 1.82) is 0 Å². The molecule has 0 aliphatic carbocycles. The molecule has 164 valence electrons. The average Bonchev–Trinajstić information content (AvgIpc) is 3.07. The number of rotatable bonds is 5. The Morgan fingerprint density at radius 1 is 1.16 bits per heavy atom. The number of carbonyl (C=O) groups is 1. The van der Waals surface area contributed by atoms with Crippen LogP contribution >= 0.6 is 23.2 Å². The fourth-order valence-corrected chi connectivity index (χ4v) is 4.20. The molecule has 31 heavy (non-hydrogen) atoms. The molecular weight excluding hydrogens is 484 g/mol. The molecule has 0 spiro atoms. The van der Waals surface area contributed by atoms with Crippen LogP contribution in [-0.4, -0.2) is 24.5 Å². The van der Waals surface area contributed by atoms with Crippen LogP contribution in [0.2, 0.25) is 10.3 Å². The van der Waals surface area contributed by atoms with E-state index >= 15 is 0 Å². The van der Waals surface area contributed by atoms with Gasteiger partial charge < -0.3 is 9.84 Å². The van der Waals surface area contributed by atoms with Gasteiger partial charge in [0.2, 0.25) is 0 Å². The lowest BCUT2D eigenvalue weighted by Crippen LogP contribution is -2.19. The first-order valence-electron chi connectivity index (χ1n) is 8.17. The highest BCUT2D eigenvalue weighted by Gasteiger charge is 2.35. The predicted molar refractivity (Wildman–Crippen MR) is 106 cm³/mol. The summed E-state index contributed by atoms with van der Waals surface area (Å²) in [4.78, 5) is 15.2. The van der Waals surface area contributed by atoms with Crippen LogP contribution in [0.3, 0.4) is 0 Å². The minimum atomic E-state index is -4.95. The first kappa shape index (κ1) is 22.8. The summed E-state index contributed by atoms with van der Waals surface area (Å²) >= 11 is 11.4. The summed E-state index contributed by atoms with van der Waals surface area (Å²) in [5.41, 5.74) is -2.32. The average molecular weight is 495 g/mol. The number of benzene rings is 1. The van der Waals surface area contributed by atoms with Gasteiger partial charge in [0.1, 0.15) is 21.4 Å². The van der Waals surface area contributed by atoms with Gasteiger partial charge in [-0.3, -0.25) is 9.52 Å². The van der Waals surface area contributed by atoms with Gasteiger partial charge in [-0.25, -0.2) is 13.4 Å². The lowest BCUT2D eigenvalue weighted by molar-refractivity contribution is -0.136. The Balaban J connectivity index is 1.95. The maximum Gasteiger partial charge on any atom is 0.418 e. The molecule has 3 rings (SSSR count). The van der Waals surface area contributed by atoms with Crippen molar-refractivity contribution in [1.82, 2.24) is 10.1 Å². The molecule has 0 unspecified atom stereocenters. The maximum atomic E-state index is 13.6. The summed E-state index contributed by atoms with van der Waals surface area (Å²) in [5.74, 6) is -0.578. The number of hydrogen-bond acceptors (Lipinski definition) is 6. The minimum Gasteiger partial charge on any atom is -0.361 e. The van der Waals surface area contributed by atoms with Crippen molar-refractivity contribution in [3.05, 3.63) is 63.7 Å². The summed E-state index contributed by atoms with van der Waals surface area (Å²) in [5, 5.41) is 5.09. The molecule has 0 aliphatic rings. The van der Waals surface area contributed by atoms with E-state index in [4.69, 9.17) is 27.7 Å². The van der Waals surface area contributed by atoms with E-state index in [0.29, 0.717) is 6.07 Å². The molecule has 3 aromatic rings. The largest absolute Gasteiger partial charge is 0.418 e. The molecule has 8 nitrogen and oxygen atoms in total. The lowest BCUT2D eigenvalue weighted by atomic mass is 10.1. The Morgan fingerprint density at radius 2 is 1.87 bits per heavy atom. The molecule has 0 fully saturated rings. The number of aromatic nitrogens is 2. The zero-order valence-corrected chi connectivity index (χ0v) is 17.6. The molecule has 0 radical (unpaired) electrons. The lowest BCUT2D eigenvalue weighted by Gasteiger charge is -2.17. The molecule has 0 saturated heterocycles. The maximum absolute atomic E-state index is 13.6. The summed E-state index contributed by atoms with van der Waals surface area (Å²) < 4.78 is 72.4. The van der Waals surface area contributed by atoms with Gasteiger partial charge in [-0.15, -0.1) is 0 Å². The Kier molecular flexibility index (Phi) is 6.16. The number of amides is 1. The molecule has 1 aromatic carbocycles. The number of pyridine rings is 1. The standard InChI is InChI=1S/C17H11Cl2F3N4O4S/c1-8-10(7-23-30-8)16(27)24-9-2-3-12(11(6-9)17(20,21)22)26-31(28,29)13-4-5-14(18)25-15(13)19/h2-7,26H,1H3,(H,24,27). The molecule has 1 amide bonds. The Morgan fingerprint density at radius 3 is 2.45 bits per heavy atom. The number of anilines is 2. The Hall–Kier alpha value is -2.83. The van der Waals surface area contributed by atoms with E-state index in [1.165, 1.54) is 6.92 Å². The normalized spacial score (nSPS) is 11.9. The number of hydrogen-bond donors (Lipinski definition) is 2. The first-order chi connectivity index (χ1) is 14.4. The molecule has 2 heterocycles. The molecular formula is C17H11Cl2F3N4O4S. The number of aryl methyl sites for hydroxylation is 1. The number of halogens is 5. The Labute approximate surface area is 183 Å². The smallest absolute Gasteiger partial charge is 0.361 e. The van der Waals surface area contributed by atoms with Crippen molar-refractivity contribution >= 4 is 50.5 Å². The number of carbonyl (C=O) groups excluding carboxylic acids is 1. The zero-order valence-electron chi connectivity index (χ0n) is 15.3. The van der Waals surface area contributed by atoms with Crippen LogP contribution in [0.1, 0.15) is 21.7 Å².